The summed E-state index contributed by atoms with van der Waals surface area (Å²) in [5.74, 6) is -0.453. The minimum Gasteiger partial charge on any atom is -0.396 e. The Balaban J connectivity index is 2.94. The summed E-state index contributed by atoms with van der Waals surface area (Å²) in [7, 11) is 0. The van der Waals surface area contributed by atoms with E-state index < -0.39 is 23.8 Å². The summed E-state index contributed by atoms with van der Waals surface area (Å²) in [6.07, 6.45) is -4.20. The summed E-state index contributed by atoms with van der Waals surface area (Å²) in [5, 5.41) is 14.6. The number of rotatable bonds is 5. The highest BCUT2D eigenvalue weighted by Gasteiger charge is 2.38. The molecule has 5 nitrogen and oxygen atoms in total. The minimum absolute atomic E-state index is 0.0702. The van der Waals surface area contributed by atoms with Crippen molar-refractivity contribution in [1.29, 1.82) is 0 Å². The SMILES string of the molecule is Cc1c(Br)c(C(F)(F)F)nn1C(C)C(=O)NCCCO. The number of hydrogen-bond donors (Lipinski definition) is 2. The first-order valence-corrected chi connectivity index (χ1v) is 6.69. The number of halogens is 4. The number of alkyl halides is 3. The molecule has 2 N–H and O–H groups in total. The van der Waals surface area contributed by atoms with Crippen molar-refractivity contribution < 1.29 is 23.1 Å². The number of hydrogen-bond acceptors (Lipinski definition) is 3. The zero-order chi connectivity index (χ0) is 15.5. The quantitative estimate of drug-likeness (QED) is 0.792. The van der Waals surface area contributed by atoms with Gasteiger partial charge in [-0.2, -0.15) is 18.3 Å². The van der Waals surface area contributed by atoms with Crippen LogP contribution in [0.15, 0.2) is 4.47 Å². The third-order valence-corrected chi connectivity index (χ3v) is 3.68. The molecule has 1 rings (SSSR count). The number of aliphatic hydroxyl groups is 1. The Morgan fingerprint density at radius 1 is 1.55 bits per heavy atom. The van der Waals surface area contributed by atoms with Crippen LogP contribution in [0.3, 0.4) is 0 Å². The largest absolute Gasteiger partial charge is 0.436 e. The Kier molecular flexibility index (Phi) is 5.58. The van der Waals surface area contributed by atoms with E-state index in [4.69, 9.17) is 5.11 Å². The number of amides is 1. The first-order chi connectivity index (χ1) is 9.20. The Bertz CT molecular complexity index is 488. The van der Waals surface area contributed by atoms with Crippen molar-refractivity contribution in [2.24, 2.45) is 0 Å². The van der Waals surface area contributed by atoms with Gasteiger partial charge in [-0.1, -0.05) is 0 Å². The predicted molar refractivity (Wildman–Crippen MR) is 69.1 cm³/mol. The van der Waals surface area contributed by atoms with Crippen molar-refractivity contribution in [2.75, 3.05) is 13.2 Å². The minimum atomic E-state index is -4.58. The first kappa shape index (κ1) is 17.0. The molecule has 114 valence electrons. The van der Waals surface area contributed by atoms with Gasteiger partial charge in [-0.05, 0) is 36.2 Å². The number of aromatic nitrogens is 2. The fourth-order valence-electron chi connectivity index (χ4n) is 1.61. The van der Waals surface area contributed by atoms with Gasteiger partial charge in [0.2, 0.25) is 5.91 Å². The molecule has 0 radical (unpaired) electrons. The lowest BCUT2D eigenvalue weighted by Gasteiger charge is -2.14. The van der Waals surface area contributed by atoms with E-state index in [1.54, 1.807) is 0 Å². The highest BCUT2D eigenvalue weighted by Crippen LogP contribution is 2.36. The van der Waals surface area contributed by atoms with Crippen molar-refractivity contribution in [3.8, 4) is 0 Å². The van der Waals surface area contributed by atoms with E-state index in [1.165, 1.54) is 13.8 Å². The monoisotopic (exact) mass is 357 g/mol. The van der Waals surface area contributed by atoms with Crippen molar-refractivity contribution >= 4 is 21.8 Å². The fourth-order valence-corrected chi connectivity index (χ4v) is 2.09. The third kappa shape index (κ3) is 3.72. The molecule has 1 unspecified atom stereocenters. The first-order valence-electron chi connectivity index (χ1n) is 5.90. The van der Waals surface area contributed by atoms with Crippen LogP contribution in [0.2, 0.25) is 0 Å². The van der Waals surface area contributed by atoms with E-state index in [9.17, 15) is 18.0 Å². The van der Waals surface area contributed by atoms with Gasteiger partial charge in [0, 0.05) is 13.2 Å². The van der Waals surface area contributed by atoms with Gasteiger partial charge >= 0.3 is 6.18 Å². The van der Waals surface area contributed by atoms with Gasteiger partial charge in [0.1, 0.15) is 6.04 Å². The van der Waals surface area contributed by atoms with Crippen molar-refractivity contribution in [3.63, 3.8) is 0 Å². The van der Waals surface area contributed by atoms with Gasteiger partial charge in [-0.15, -0.1) is 0 Å². The van der Waals surface area contributed by atoms with Crippen LogP contribution >= 0.6 is 15.9 Å². The van der Waals surface area contributed by atoms with Crippen molar-refractivity contribution in [1.82, 2.24) is 15.1 Å². The molecular weight excluding hydrogens is 343 g/mol. The Morgan fingerprint density at radius 2 is 2.15 bits per heavy atom. The van der Waals surface area contributed by atoms with E-state index in [0.717, 1.165) is 4.68 Å². The van der Waals surface area contributed by atoms with Crippen LogP contribution in [0, 0.1) is 6.92 Å². The maximum Gasteiger partial charge on any atom is 0.436 e. The van der Waals surface area contributed by atoms with Crippen molar-refractivity contribution in [3.05, 3.63) is 15.9 Å². The fraction of sp³-hybridized carbons (Fsp3) is 0.636. The summed E-state index contributed by atoms with van der Waals surface area (Å²) in [5.41, 5.74) is -0.827. The maximum atomic E-state index is 12.7. The molecule has 1 aromatic rings. The Morgan fingerprint density at radius 3 is 2.60 bits per heavy atom. The second kappa shape index (κ2) is 6.57. The average molecular weight is 358 g/mol. The Hall–Kier alpha value is -1.09. The highest BCUT2D eigenvalue weighted by atomic mass is 79.9. The van der Waals surface area contributed by atoms with Gasteiger partial charge in [-0.3, -0.25) is 9.48 Å². The maximum absolute atomic E-state index is 12.7. The van der Waals surface area contributed by atoms with Gasteiger partial charge in [0.15, 0.2) is 5.69 Å². The summed E-state index contributed by atoms with van der Waals surface area (Å²) in [6, 6.07) is -0.874. The van der Waals surface area contributed by atoms with Crippen LogP contribution in [0.1, 0.15) is 30.8 Å². The van der Waals surface area contributed by atoms with Crippen LogP contribution in [0.4, 0.5) is 13.2 Å². The van der Waals surface area contributed by atoms with Crippen LogP contribution < -0.4 is 5.32 Å². The van der Waals surface area contributed by atoms with E-state index in [-0.39, 0.29) is 23.3 Å². The average Bonchev–Trinajstić information content (AvgIpc) is 2.65. The second-order valence-corrected chi connectivity index (χ2v) is 5.03. The smallest absolute Gasteiger partial charge is 0.396 e. The van der Waals surface area contributed by atoms with Crippen LogP contribution in [0.5, 0.6) is 0 Å². The molecule has 0 saturated carbocycles. The highest BCUT2D eigenvalue weighted by molar-refractivity contribution is 9.10. The van der Waals surface area contributed by atoms with E-state index in [1.807, 2.05) is 0 Å². The number of nitrogens with one attached hydrogen (secondary N) is 1. The number of nitrogens with zero attached hydrogens (tertiary/aromatic N) is 2. The molecule has 9 heteroatoms. The van der Waals surface area contributed by atoms with Crippen molar-refractivity contribution in [2.45, 2.75) is 32.5 Å². The molecule has 0 aliphatic rings. The molecule has 1 aromatic heterocycles. The standard InChI is InChI=1S/C11H15BrF3N3O2/c1-6-8(12)9(11(13,14)15)17-18(6)7(2)10(20)16-4-3-5-19/h7,19H,3-5H2,1-2H3,(H,16,20). The number of carbonyl (C=O) groups is 1. The van der Waals surface area contributed by atoms with Gasteiger partial charge in [-0.25, -0.2) is 0 Å². The summed E-state index contributed by atoms with van der Waals surface area (Å²) in [6.45, 7) is 3.09. The van der Waals surface area contributed by atoms with Gasteiger partial charge in [0.25, 0.3) is 0 Å². The van der Waals surface area contributed by atoms with E-state index >= 15 is 0 Å². The zero-order valence-electron chi connectivity index (χ0n) is 11.0. The molecule has 0 spiro atoms. The molecule has 20 heavy (non-hydrogen) atoms. The lowest BCUT2D eigenvalue weighted by Crippen LogP contribution is -2.33. The Labute approximate surface area is 122 Å². The van der Waals surface area contributed by atoms with Crippen LogP contribution in [0.25, 0.3) is 0 Å². The topological polar surface area (TPSA) is 67.2 Å². The summed E-state index contributed by atoms with van der Waals surface area (Å²) in [4.78, 5) is 11.8. The van der Waals surface area contributed by atoms with Crippen LogP contribution in [-0.4, -0.2) is 33.9 Å². The predicted octanol–water partition coefficient (Wildman–Crippen LogP) is 2.03. The molecule has 1 amide bonds. The number of aliphatic hydroxyl groups excluding tert-OH is 1. The molecular formula is C11H15BrF3N3O2. The molecule has 0 aliphatic carbocycles. The van der Waals surface area contributed by atoms with Gasteiger partial charge < -0.3 is 10.4 Å². The van der Waals surface area contributed by atoms with Gasteiger partial charge in [0.05, 0.1) is 10.2 Å². The molecule has 0 fully saturated rings. The lowest BCUT2D eigenvalue weighted by atomic mass is 10.3. The third-order valence-electron chi connectivity index (χ3n) is 2.73. The molecule has 1 atom stereocenters. The molecule has 0 aromatic carbocycles. The lowest BCUT2D eigenvalue weighted by molar-refractivity contribution is -0.142. The molecule has 1 heterocycles. The second-order valence-electron chi connectivity index (χ2n) is 4.23. The summed E-state index contributed by atoms with van der Waals surface area (Å²) < 4.78 is 39.0. The van der Waals surface area contributed by atoms with E-state index in [0.29, 0.717) is 6.42 Å². The zero-order valence-corrected chi connectivity index (χ0v) is 12.5. The molecule has 0 saturated heterocycles. The van der Waals surface area contributed by atoms with Crippen LogP contribution in [-0.2, 0) is 11.0 Å². The number of carbonyl (C=O) groups excluding carboxylic acids is 1. The van der Waals surface area contributed by atoms with E-state index in [2.05, 4.69) is 26.3 Å². The molecule has 0 bridgehead atoms. The summed E-state index contributed by atoms with van der Waals surface area (Å²) >= 11 is 2.85. The molecule has 0 aliphatic heterocycles. The normalized spacial score (nSPS) is 13.3.